The summed E-state index contributed by atoms with van der Waals surface area (Å²) in [5.41, 5.74) is 0.276. The zero-order chi connectivity index (χ0) is 20.3. The third-order valence-electron chi connectivity index (χ3n) is 3.91. The fourth-order valence-corrected chi connectivity index (χ4v) is 4.05. The molecular formula is C21H14ClF2NO2S. The Morgan fingerprint density at radius 2 is 1.50 bits per heavy atom. The normalized spacial score (nSPS) is 10.9. The van der Waals surface area contributed by atoms with Crippen LogP contribution in [0.4, 0.5) is 14.5 Å². The smallest absolute Gasteiger partial charge is 0.262 e. The van der Waals surface area contributed by atoms with E-state index in [2.05, 4.69) is 11.8 Å². The van der Waals surface area contributed by atoms with Gasteiger partial charge in [-0.05, 0) is 48.9 Å². The number of hydrogen-bond donors (Lipinski definition) is 1. The molecule has 0 aliphatic carbocycles. The van der Waals surface area contributed by atoms with Gasteiger partial charge in [-0.15, -0.1) is 0 Å². The van der Waals surface area contributed by atoms with E-state index in [-0.39, 0.29) is 21.0 Å². The predicted molar refractivity (Wildman–Crippen MR) is 106 cm³/mol. The van der Waals surface area contributed by atoms with Gasteiger partial charge < -0.3 is 0 Å². The van der Waals surface area contributed by atoms with Crippen LogP contribution >= 0.6 is 11.6 Å². The third kappa shape index (κ3) is 4.33. The lowest BCUT2D eigenvalue weighted by molar-refractivity contribution is 0.582. The summed E-state index contributed by atoms with van der Waals surface area (Å²) in [5, 5.41) is 0.232. The first kappa shape index (κ1) is 19.9. The van der Waals surface area contributed by atoms with E-state index in [1.807, 2.05) is 10.8 Å². The summed E-state index contributed by atoms with van der Waals surface area (Å²) in [4.78, 5) is -0.160. The van der Waals surface area contributed by atoms with Crippen molar-refractivity contribution in [3.8, 4) is 11.8 Å². The van der Waals surface area contributed by atoms with Crippen molar-refractivity contribution >= 4 is 27.3 Å². The van der Waals surface area contributed by atoms with Crippen LogP contribution in [0.5, 0.6) is 0 Å². The lowest BCUT2D eigenvalue weighted by Gasteiger charge is -2.12. The number of anilines is 1. The Labute approximate surface area is 167 Å². The molecule has 0 fully saturated rings. The molecule has 3 aromatic carbocycles. The quantitative estimate of drug-likeness (QED) is 0.601. The maximum absolute atomic E-state index is 14.4. The second-order valence-electron chi connectivity index (χ2n) is 5.90. The molecule has 0 unspecified atom stereocenters. The van der Waals surface area contributed by atoms with Gasteiger partial charge in [-0.25, -0.2) is 17.2 Å². The maximum Gasteiger partial charge on any atom is 0.262 e. The molecule has 0 radical (unpaired) electrons. The van der Waals surface area contributed by atoms with Gasteiger partial charge in [-0.3, -0.25) is 4.72 Å². The minimum atomic E-state index is -4.23. The summed E-state index contributed by atoms with van der Waals surface area (Å²) >= 11 is 5.94. The molecule has 0 amide bonds. The van der Waals surface area contributed by atoms with Crippen LogP contribution in [0.3, 0.4) is 0 Å². The molecule has 28 heavy (non-hydrogen) atoms. The Morgan fingerprint density at radius 3 is 2.14 bits per heavy atom. The molecule has 0 heterocycles. The first-order valence-corrected chi connectivity index (χ1v) is 9.98. The topological polar surface area (TPSA) is 46.2 Å². The molecule has 0 saturated carbocycles. The number of rotatable bonds is 3. The van der Waals surface area contributed by atoms with Gasteiger partial charge in [0.05, 0.1) is 4.90 Å². The molecule has 7 heteroatoms. The second-order valence-corrected chi connectivity index (χ2v) is 7.96. The van der Waals surface area contributed by atoms with Crippen LogP contribution < -0.4 is 4.72 Å². The average Bonchev–Trinajstić information content (AvgIpc) is 2.66. The fraction of sp³-hybridized carbons (Fsp3) is 0.0476. The molecule has 0 saturated heterocycles. The van der Waals surface area contributed by atoms with Crippen LogP contribution in [0.15, 0.2) is 65.6 Å². The highest BCUT2D eigenvalue weighted by Crippen LogP contribution is 2.27. The van der Waals surface area contributed by atoms with E-state index in [1.54, 1.807) is 24.3 Å². The summed E-state index contributed by atoms with van der Waals surface area (Å²) in [5.74, 6) is 3.30. The van der Waals surface area contributed by atoms with E-state index in [4.69, 9.17) is 11.6 Å². The van der Waals surface area contributed by atoms with Crippen LogP contribution in [0.1, 0.15) is 16.7 Å². The summed E-state index contributed by atoms with van der Waals surface area (Å²) < 4.78 is 55.8. The van der Waals surface area contributed by atoms with Gasteiger partial charge in [0, 0.05) is 16.1 Å². The SMILES string of the molecule is Cc1c(Cl)cccc1S(=O)(=O)Nc1c(F)cc(C#Cc2ccccc2)cc1F. The first-order valence-electron chi connectivity index (χ1n) is 8.12. The van der Waals surface area contributed by atoms with Crippen LogP contribution in [0.25, 0.3) is 0 Å². The summed E-state index contributed by atoms with van der Waals surface area (Å²) in [7, 11) is -4.23. The fourth-order valence-electron chi connectivity index (χ4n) is 2.48. The Kier molecular flexibility index (Phi) is 5.68. The highest BCUT2D eigenvalue weighted by molar-refractivity contribution is 7.92. The number of nitrogens with one attached hydrogen (secondary N) is 1. The minimum absolute atomic E-state index is 0.0840. The van der Waals surface area contributed by atoms with Gasteiger partial charge in [0.2, 0.25) is 0 Å². The van der Waals surface area contributed by atoms with Crippen LogP contribution in [0.2, 0.25) is 5.02 Å². The Morgan fingerprint density at radius 1 is 0.893 bits per heavy atom. The second kappa shape index (κ2) is 8.01. The van der Waals surface area contributed by atoms with Crippen molar-refractivity contribution in [2.24, 2.45) is 0 Å². The average molecular weight is 418 g/mol. The highest BCUT2D eigenvalue weighted by atomic mass is 35.5. The first-order chi connectivity index (χ1) is 13.3. The number of hydrogen-bond acceptors (Lipinski definition) is 2. The van der Waals surface area contributed by atoms with Gasteiger partial charge in [0.25, 0.3) is 10.0 Å². The maximum atomic E-state index is 14.4. The Hall–Kier alpha value is -2.88. The van der Waals surface area contributed by atoms with Gasteiger partial charge in [-0.1, -0.05) is 47.7 Å². The third-order valence-corrected chi connectivity index (χ3v) is 5.81. The van der Waals surface area contributed by atoms with Crippen LogP contribution in [-0.4, -0.2) is 8.42 Å². The molecule has 0 bridgehead atoms. The van der Waals surface area contributed by atoms with Gasteiger partial charge in [0.15, 0.2) is 11.6 Å². The van der Waals surface area contributed by atoms with Crippen molar-refractivity contribution in [2.45, 2.75) is 11.8 Å². The molecule has 0 spiro atoms. The van der Waals surface area contributed by atoms with Crippen molar-refractivity contribution in [2.75, 3.05) is 4.72 Å². The summed E-state index contributed by atoms with van der Waals surface area (Å²) in [6.07, 6.45) is 0. The number of benzene rings is 3. The predicted octanol–water partition coefficient (Wildman–Crippen LogP) is 5.13. The Bertz CT molecular complexity index is 1180. The van der Waals surface area contributed by atoms with E-state index in [0.717, 1.165) is 12.1 Å². The van der Waals surface area contributed by atoms with Gasteiger partial charge in [-0.2, -0.15) is 0 Å². The molecule has 3 nitrogen and oxygen atoms in total. The van der Waals surface area contributed by atoms with Crippen molar-refractivity contribution in [3.63, 3.8) is 0 Å². The van der Waals surface area contributed by atoms with E-state index in [0.29, 0.717) is 5.56 Å². The van der Waals surface area contributed by atoms with Gasteiger partial charge >= 0.3 is 0 Å². The monoisotopic (exact) mass is 417 g/mol. The van der Waals surface area contributed by atoms with Gasteiger partial charge in [0.1, 0.15) is 5.69 Å². The highest BCUT2D eigenvalue weighted by Gasteiger charge is 2.22. The van der Waals surface area contributed by atoms with Crippen LogP contribution in [0, 0.1) is 30.4 Å². The van der Waals surface area contributed by atoms with E-state index < -0.39 is 27.3 Å². The van der Waals surface area contributed by atoms with E-state index >= 15 is 0 Å². The summed E-state index contributed by atoms with van der Waals surface area (Å²) in [6.45, 7) is 1.51. The van der Waals surface area contributed by atoms with Crippen LogP contribution in [-0.2, 0) is 10.0 Å². The van der Waals surface area contributed by atoms with Crippen molar-refractivity contribution < 1.29 is 17.2 Å². The van der Waals surface area contributed by atoms with Crippen molar-refractivity contribution in [1.82, 2.24) is 0 Å². The molecule has 142 valence electrons. The number of sulfonamides is 1. The minimum Gasteiger partial charge on any atom is -0.274 e. The molecule has 0 atom stereocenters. The molecule has 3 aromatic rings. The lowest BCUT2D eigenvalue weighted by Crippen LogP contribution is -2.16. The standard InChI is InChI=1S/C21H14ClF2NO2S/c1-14-17(22)8-5-9-20(14)28(26,27)25-21-18(23)12-16(13-19(21)24)11-10-15-6-3-2-4-7-15/h2-9,12-13,25H,1H3. The molecule has 0 aliphatic heterocycles. The molecular weight excluding hydrogens is 404 g/mol. The number of halogens is 3. The van der Waals surface area contributed by atoms with E-state index in [9.17, 15) is 17.2 Å². The lowest BCUT2D eigenvalue weighted by atomic mass is 10.1. The summed E-state index contributed by atoms with van der Waals surface area (Å²) in [6, 6.07) is 15.2. The van der Waals surface area contributed by atoms with Crippen molar-refractivity contribution in [3.05, 3.63) is 94.0 Å². The van der Waals surface area contributed by atoms with Crippen molar-refractivity contribution in [1.29, 1.82) is 0 Å². The van der Waals surface area contributed by atoms with E-state index in [1.165, 1.54) is 25.1 Å². The molecule has 0 aromatic heterocycles. The molecule has 0 aliphatic rings. The zero-order valence-corrected chi connectivity index (χ0v) is 16.2. The molecule has 3 rings (SSSR count). The largest absolute Gasteiger partial charge is 0.274 e. The molecule has 1 N–H and O–H groups in total. The Balaban J connectivity index is 1.94. The zero-order valence-electron chi connectivity index (χ0n) is 14.6.